The van der Waals surface area contributed by atoms with Crippen molar-refractivity contribution in [1.29, 1.82) is 0 Å². The summed E-state index contributed by atoms with van der Waals surface area (Å²) < 4.78 is 5.90. The molecule has 0 unspecified atom stereocenters. The summed E-state index contributed by atoms with van der Waals surface area (Å²) in [6.45, 7) is 6.40. The number of nitrogens with one attached hydrogen (secondary N) is 2. The number of unbranched alkanes of at least 4 members (excludes halogenated alkanes) is 2. The second-order valence-electron chi connectivity index (χ2n) is 5.63. The Hall–Kier alpha value is -1.22. The number of para-hydroxylation sites is 2. The van der Waals surface area contributed by atoms with Gasteiger partial charge in [-0.25, -0.2) is 0 Å². The minimum atomic E-state index is 0.782. The highest BCUT2D eigenvalue weighted by molar-refractivity contribution is 5.56. The van der Waals surface area contributed by atoms with Gasteiger partial charge >= 0.3 is 0 Å². The van der Waals surface area contributed by atoms with Crippen LogP contribution in [0, 0.1) is 5.92 Å². The van der Waals surface area contributed by atoms with Gasteiger partial charge in [-0.05, 0) is 50.4 Å². The molecule has 0 amide bonds. The zero-order valence-electron chi connectivity index (χ0n) is 12.7. The van der Waals surface area contributed by atoms with Gasteiger partial charge in [-0.15, -0.1) is 0 Å². The van der Waals surface area contributed by atoms with E-state index >= 15 is 0 Å². The van der Waals surface area contributed by atoms with E-state index in [1.807, 2.05) is 6.07 Å². The Morgan fingerprint density at radius 3 is 2.80 bits per heavy atom. The van der Waals surface area contributed by atoms with E-state index in [-0.39, 0.29) is 0 Å². The maximum Gasteiger partial charge on any atom is 0.142 e. The molecule has 0 bridgehead atoms. The minimum Gasteiger partial charge on any atom is -0.491 e. The SMILES string of the molecule is CCCCCOc1ccccc1NCC1CCNCC1. The molecular formula is C17H28N2O. The molecule has 1 aromatic carbocycles. The lowest BCUT2D eigenvalue weighted by molar-refractivity contribution is 0.307. The van der Waals surface area contributed by atoms with Gasteiger partial charge in [-0.1, -0.05) is 31.9 Å². The van der Waals surface area contributed by atoms with Crippen molar-refractivity contribution >= 4 is 5.69 Å². The number of benzene rings is 1. The Kier molecular flexibility index (Phi) is 6.72. The second kappa shape index (κ2) is 8.85. The highest BCUT2D eigenvalue weighted by Gasteiger charge is 2.13. The summed E-state index contributed by atoms with van der Waals surface area (Å²) in [7, 11) is 0. The third-order valence-electron chi connectivity index (χ3n) is 3.93. The first-order valence-electron chi connectivity index (χ1n) is 8.06. The lowest BCUT2D eigenvalue weighted by Gasteiger charge is -2.23. The molecule has 1 saturated heterocycles. The first kappa shape index (κ1) is 15.2. The van der Waals surface area contributed by atoms with E-state index in [0.29, 0.717) is 0 Å². The molecule has 1 fully saturated rings. The van der Waals surface area contributed by atoms with Crippen molar-refractivity contribution in [2.75, 3.05) is 31.6 Å². The van der Waals surface area contributed by atoms with E-state index in [1.165, 1.54) is 25.7 Å². The monoisotopic (exact) mass is 276 g/mol. The van der Waals surface area contributed by atoms with Gasteiger partial charge in [-0.3, -0.25) is 0 Å². The highest BCUT2D eigenvalue weighted by atomic mass is 16.5. The van der Waals surface area contributed by atoms with Crippen molar-refractivity contribution < 1.29 is 4.74 Å². The molecule has 0 aromatic heterocycles. The van der Waals surface area contributed by atoms with Crippen molar-refractivity contribution in [2.45, 2.75) is 39.0 Å². The first-order chi connectivity index (χ1) is 9.90. The molecule has 0 radical (unpaired) electrons. The van der Waals surface area contributed by atoms with Gasteiger partial charge in [0.25, 0.3) is 0 Å². The van der Waals surface area contributed by atoms with Gasteiger partial charge in [0, 0.05) is 6.54 Å². The van der Waals surface area contributed by atoms with E-state index in [4.69, 9.17) is 4.74 Å². The molecule has 20 heavy (non-hydrogen) atoms. The second-order valence-corrected chi connectivity index (χ2v) is 5.63. The molecule has 0 saturated carbocycles. The summed E-state index contributed by atoms with van der Waals surface area (Å²) in [6.07, 6.45) is 6.15. The van der Waals surface area contributed by atoms with Crippen LogP contribution in [0.15, 0.2) is 24.3 Å². The molecule has 0 spiro atoms. The normalized spacial score (nSPS) is 16.1. The molecule has 2 rings (SSSR count). The van der Waals surface area contributed by atoms with Gasteiger partial charge < -0.3 is 15.4 Å². The number of rotatable bonds is 8. The lowest BCUT2D eigenvalue weighted by Crippen LogP contribution is -2.31. The minimum absolute atomic E-state index is 0.782. The molecule has 1 aromatic rings. The maximum absolute atomic E-state index is 5.90. The zero-order chi connectivity index (χ0) is 14.0. The Balaban J connectivity index is 1.80. The fourth-order valence-electron chi connectivity index (χ4n) is 2.61. The number of piperidine rings is 1. The third kappa shape index (κ3) is 5.04. The van der Waals surface area contributed by atoms with Crippen LogP contribution in [-0.4, -0.2) is 26.2 Å². The Labute approximate surface area is 123 Å². The standard InChI is InChI=1S/C17H28N2O/c1-2-3-6-13-20-17-8-5-4-7-16(17)19-14-15-9-11-18-12-10-15/h4-5,7-8,15,18-19H,2-3,6,9-14H2,1H3. The smallest absolute Gasteiger partial charge is 0.142 e. The van der Waals surface area contributed by atoms with Crippen LogP contribution in [0.25, 0.3) is 0 Å². The van der Waals surface area contributed by atoms with Gasteiger partial charge in [-0.2, -0.15) is 0 Å². The van der Waals surface area contributed by atoms with Crippen LogP contribution < -0.4 is 15.4 Å². The maximum atomic E-state index is 5.90. The summed E-state index contributed by atoms with van der Waals surface area (Å²) in [5.41, 5.74) is 1.14. The quantitative estimate of drug-likeness (QED) is 0.711. The molecule has 112 valence electrons. The largest absolute Gasteiger partial charge is 0.491 e. The molecule has 0 atom stereocenters. The van der Waals surface area contributed by atoms with E-state index in [0.717, 1.165) is 50.0 Å². The number of hydrogen-bond acceptors (Lipinski definition) is 3. The van der Waals surface area contributed by atoms with E-state index in [2.05, 4.69) is 35.8 Å². The van der Waals surface area contributed by atoms with Crippen molar-refractivity contribution in [1.82, 2.24) is 5.32 Å². The van der Waals surface area contributed by atoms with E-state index in [9.17, 15) is 0 Å². The van der Waals surface area contributed by atoms with Crippen LogP contribution in [0.1, 0.15) is 39.0 Å². The van der Waals surface area contributed by atoms with E-state index < -0.39 is 0 Å². The molecular weight excluding hydrogens is 248 g/mol. The van der Waals surface area contributed by atoms with E-state index in [1.54, 1.807) is 0 Å². The van der Waals surface area contributed by atoms with Gasteiger partial charge in [0.2, 0.25) is 0 Å². The molecule has 1 heterocycles. The summed E-state index contributed by atoms with van der Waals surface area (Å²) in [5.74, 6) is 1.78. The number of ether oxygens (including phenoxy) is 1. The number of hydrogen-bond donors (Lipinski definition) is 2. The van der Waals surface area contributed by atoms with Crippen molar-refractivity contribution in [3.8, 4) is 5.75 Å². The van der Waals surface area contributed by atoms with Crippen molar-refractivity contribution in [2.24, 2.45) is 5.92 Å². The highest BCUT2D eigenvalue weighted by Crippen LogP contribution is 2.25. The van der Waals surface area contributed by atoms with Gasteiger partial charge in [0.15, 0.2) is 0 Å². The first-order valence-corrected chi connectivity index (χ1v) is 8.06. The average molecular weight is 276 g/mol. The van der Waals surface area contributed by atoms with Crippen LogP contribution in [0.4, 0.5) is 5.69 Å². The van der Waals surface area contributed by atoms with Crippen LogP contribution in [-0.2, 0) is 0 Å². The summed E-state index contributed by atoms with van der Waals surface area (Å²) >= 11 is 0. The van der Waals surface area contributed by atoms with Crippen molar-refractivity contribution in [3.63, 3.8) is 0 Å². The fraction of sp³-hybridized carbons (Fsp3) is 0.647. The predicted octanol–water partition coefficient (Wildman–Crippen LogP) is 3.67. The molecule has 1 aliphatic heterocycles. The van der Waals surface area contributed by atoms with Crippen LogP contribution >= 0.6 is 0 Å². The molecule has 0 aliphatic carbocycles. The summed E-state index contributed by atoms with van der Waals surface area (Å²) in [6, 6.07) is 8.31. The predicted molar refractivity (Wildman–Crippen MR) is 85.5 cm³/mol. The Morgan fingerprint density at radius 1 is 1.20 bits per heavy atom. The fourth-order valence-corrected chi connectivity index (χ4v) is 2.61. The molecule has 1 aliphatic rings. The lowest BCUT2D eigenvalue weighted by atomic mass is 9.98. The number of anilines is 1. The third-order valence-corrected chi connectivity index (χ3v) is 3.93. The average Bonchev–Trinajstić information content (AvgIpc) is 2.51. The van der Waals surface area contributed by atoms with Crippen LogP contribution in [0.2, 0.25) is 0 Å². The molecule has 2 N–H and O–H groups in total. The Morgan fingerprint density at radius 2 is 2.00 bits per heavy atom. The molecule has 3 nitrogen and oxygen atoms in total. The van der Waals surface area contributed by atoms with Crippen LogP contribution in [0.5, 0.6) is 5.75 Å². The van der Waals surface area contributed by atoms with Gasteiger partial charge in [0.1, 0.15) is 5.75 Å². The molecule has 3 heteroatoms. The zero-order valence-corrected chi connectivity index (χ0v) is 12.7. The summed E-state index contributed by atoms with van der Waals surface area (Å²) in [4.78, 5) is 0. The summed E-state index contributed by atoms with van der Waals surface area (Å²) in [5, 5.41) is 6.98. The Bertz CT molecular complexity index is 375. The van der Waals surface area contributed by atoms with Gasteiger partial charge in [0.05, 0.1) is 12.3 Å². The van der Waals surface area contributed by atoms with Crippen LogP contribution in [0.3, 0.4) is 0 Å². The topological polar surface area (TPSA) is 33.3 Å². The van der Waals surface area contributed by atoms with Crippen molar-refractivity contribution in [3.05, 3.63) is 24.3 Å².